The maximum Gasteiger partial charge on any atom is 0.238 e. The number of carbonyl (C=O) groups is 1. The normalized spacial score (nSPS) is 27.0. The summed E-state index contributed by atoms with van der Waals surface area (Å²) >= 11 is 1.87. The molecule has 0 aliphatic heterocycles. The molecule has 15 heavy (non-hydrogen) atoms. The molecule has 0 aromatic carbocycles. The van der Waals surface area contributed by atoms with Crippen molar-refractivity contribution in [3.8, 4) is 12.3 Å². The fourth-order valence-corrected chi connectivity index (χ4v) is 2.61. The van der Waals surface area contributed by atoms with E-state index in [9.17, 15) is 4.79 Å². The predicted octanol–water partition coefficient (Wildman–Crippen LogP) is 0.737. The summed E-state index contributed by atoms with van der Waals surface area (Å²) in [6.45, 7) is 0. The minimum absolute atomic E-state index is 0.111. The van der Waals surface area contributed by atoms with E-state index in [4.69, 9.17) is 12.2 Å². The van der Waals surface area contributed by atoms with E-state index in [1.54, 1.807) is 0 Å². The van der Waals surface area contributed by atoms with Gasteiger partial charge in [0.2, 0.25) is 5.91 Å². The van der Waals surface area contributed by atoms with Crippen molar-refractivity contribution in [3.05, 3.63) is 0 Å². The molecular weight excluding hydrogens is 208 g/mol. The molecule has 1 saturated carbocycles. The van der Waals surface area contributed by atoms with E-state index in [0.717, 1.165) is 12.8 Å². The summed E-state index contributed by atoms with van der Waals surface area (Å²) in [5, 5.41) is 3.63. The molecule has 3 unspecified atom stereocenters. The molecular formula is C11H18N2OS. The van der Waals surface area contributed by atoms with Gasteiger partial charge in [0.05, 0.1) is 6.04 Å². The number of rotatable bonds is 4. The average Bonchev–Trinajstić information content (AvgIpc) is 2.66. The van der Waals surface area contributed by atoms with E-state index in [1.165, 1.54) is 6.42 Å². The highest BCUT2D eigenvalue weighted by atomic mass is 32.2. The minimum atomic E-state index is -0.552. The van der Waals surface area contributed by atoms with Crippen LogP contribution in [0.2, 0.25) is 0 Å². The quantitative estimate of drug-likeness (QED) is 0.695. The SMILES string of the molecule is C#CCC(N)C(=O)NC1CCC(SC)C1. The smallest absolute Gasteiger partial charge is 0.238 e. The first-order valence-corrected chi connectivity index (χ1v) is 6.48. The van der Waals surface area contributed by atoms with Gasteiger partial charge in [0.15, 0.2) is 0 Å². The highest BCUT2D eigenvalue weighted by Gasteiger charge is 2.26. The first-order chi connectivity index (χ1) is 7.17. The molecule has 1 aliphatic carbocycles. The second kappa shape index (κ2) is 6.04. The van der Waals surface area contributed by atoms with Gasteiger partial charge in [-0.2, -0.15) is 11.8 Å². The lowest BCUT2D eigenvalue weighted by Crippen LogP contribution is -2.44. The Labute approximate surface area is 95.6 Å². The molecule has 3 atom stereocenters. The van der Waals surface area contributed by atoms with Crippen molar-refractivity contribution in [1.82, 2.24) is 5.32 Å². The number of terminal acetylenes is 1. The lowest BCUT2D eigenvalue weighted by molar-refractivity contribution is -0.122. The topological polar surface area (TPSA) is 55.1 Å². The van der Waals surface area contributed by atoms with Crippen LogP contribution in [0.25, 0.3) is 0 Å². The summed E-state index contributed by atoms with van der Waals surface area (Å²) < 4.78 is 0. The summed E-state index contributed by atoms with van der Waals surface area (Å²) in [6.07, 6.45) is 10.8. The first-order valence-electron chi connectivity index (χ1n) is 5.19. The van der Waals surface area contributed by atoms with Gasteiger partial charge < -0.3 is 11.1 Å². The lowest BCUT2D eigenvalue weighted by Gasteiger charge is -2.15. The van der Waals surface area contributed by atoms with Crippen LogP contribution in [0, 0.1) is 12.3 Å². The summed E-state index contributed by atoms with van der Waals surface area (Å²) in [6, 6.07) is -0.262. The van der Waals surface area contributed by atoms with Crippen LogP contribution in [0.4, 0.5) is 0 Å². The zero-order valence-electron chi connectivity index (χ0n) is 9.03. The number of carbonyl (C=O) groups excluding carboxylic acids is 1. The maximum absolute atomic E-state index is 11.5. The number of amides is 1. The fraction of sp³-hybridized carbons (Fsp3) is 0.727. The van der Waals surface area contributed by atoms with Gasteiger partial charge in [-0.05, 0) is 25.5 Å². The molecule has 1 aliphatic rings. The van der Waals surface area contributed by atoms with E-state index >= 15 is 0 Å². The summed E-state index contributed by atoms with van der Waals surface area (Å²) in [5.74, 6) is 2.29. The number of thioether (sulfide) groups is 1. The van der Waals surface area contributed by atoms with Crippen molar-refractivity contribution in [2.24, 2.45) is 5.73 Å². The Bertz CT molecular complexity index is 262. The number of hydrogen-bond acceptors (Lipinski definition) is 3. The van der Waals surface area contributed by atoms with E-state index in [-0.39, 0.29) is 5.91 Å². The van der Waals surface area contributed by atoms with Gasteiger partial charge in [-0.3, -0.25) is 4.79 Å². The Balaban J connectivity index is 2.30. The monoisotopic (exact) mass is 226 g/mol. The molecule has 3 nitrogen and oxygen atoms in total. The molecule has 1 rings (SSSR count). The molecule has 1 fully saturated rings. The number of hydrogen-bond donors (Lipinski definition) is 2. The zero-order chi connectivity index (χ0) is 11.3. The summed E-state index contributed by atoms with van der Waals surface area (Å²) in [7, 11) is 0. The van der Waals surface area contributed by atoms with Gasteiger partial charge in [0.1, 0.15) is 0 Å². The Morgan fingerprint density at radius 3 is 3.00 bits per heavy atom. The second-order valence-corrected chi connectivity index (χ2v) is 5.03. The lowest BCUT2D eigenvalue weighted by atomic mass is 10.2. The van der Waals surface area contributed by atoms with Gasteiger partial charge in [-0.25, -0.2) is 0 Å². The van der Waals surface area contributed by atoms with Gasteiger partial charge in [0.25, 0.3) is 0 Å². The molecule has 0 aromatic rings. The van der Waals surface area contributed by atoms with Crippen LogP contribution in [0.5, 0.6) is 0 Å². The standard InChI is InChI=1S/C11H18N2OS/c1-3-4-10(12)11(14)13-8-5-6-9(7-8)15-2/h1,8-10H,4-7,12H2,2H3,(H,13,14). The molecule has 1 amide bonds. The largest absolute Gasteiger partial charge is 0.352 e. The zero-order valence-corrected chi connectivity index (χ0v) is 9.85. The van der Waals surface area contributed by atoms with Gasteiger partial charge in [-0.1, -0.05) is 0 Å². The Morgan fingerprint density at radius 2 is 2.47 bits per heavy atom. The Kier molecular flexibility index (Phi) is 5.00. The number of nitrogens with two attached hydrogens (primary N) is 1. The first kappa shape index (κ1) is 12.4. The maximum atomic E-state index is 11.5. The molecule has 0 spiro atoms. The van der Waals surface area contributed by atoms with Crippen molar-refractivity contribution in [1.29, 1.82) is 0 Å². The van der Waals surface area contributed by atoms with Crippen LogP contribution < -0.4 is 11.1 Å². The van der Waals surface area contributed by atoms with Crippen molar-refractivity contribution < 1.29 is 4.79 Å². The third kappa shape index (κ3) is 3.77. The third-order valence-corrected chi connectivity index (χ3v) is 3.83. The van der Waals surface area contributed by atoms with Gasteiger partial charge in [-0.15, -0.1) is 12.3 Å². The molecule has 0 saturated heterocycles. The molecule has 3 N–H and O–H groups in total. The highest BCUT2D eigenvalue weighted by Crippen LogP contribution is 2.28. The average molecular weight is 226 g/mol. The van der Waals surface area contributed by atoms with Gasteiger partial charge in [0, 0.05) is 17.7 Å². The number of nitrogens with one attached hydrogen (secondary N) is 1. The molecule has 0 heterocycles. The third-order valence-electron chi connectivity index (χ3n) is 2.74. The summed E-state index contributed by atoms with van der Waals surface area (Å²) in [5.41, 5.74) is 5.61. The van der Waals surface area contributed by atoms with Crippen LogP contribution in [-0.4, -0.2) is 29.5 Å². The van der Waals surface area contributed by atoms with E-state index in [2.05, 4.69) is 17.5 Å². The second-order valence-electron chi connectivity index (χ2n) is 3.89. The predicted molar refractivity (Wildman–Crippen MR) is 64.5 cm³/mol. The van der Waals surface area contributed by atoms with Crippen LogP contribution in [0.1, 0.15) is 25.7 Å². The molecule has 0 bridgehead atoms. The highest BCUT2D eigenvalue weighted by molar-refractivity contribution is 7.99. The minimum Gasteiger partial charge on any atom is -0.352 e. The molecule has 84 valence electrons. The fourth-order valence-electron chi connectivity index (χ4n) is 1.81. The molecule has 0 aromatic heterocycles. The van der Waals surface area contributed by atoms with Crippen molar-refractivity contribution >= 4 is 17.7 Å². The van der Waals surface area contributed by atoms with Gasteiger partial charge >= 0.3 is 0 Å². The van der Waals surface area contributed by atoms with Crippen molar-refractivity contribution in [2.45, 2.75) is 43.0 Å². The van der Waals surface area contributed by atoms with Crippen LogP contribution in [-0.2, 0) is 4.79 Å². The van der Waals surface area contributed by atoms with E-state index < -0.39 is 6.04 Å². The van der Waals surface area contributed by atoms with Crippen LogP contribution >= 0.6 is 11.8 Å². The van der Waals surface area contributed by atoms with Crippen LogP contribution in [0.3, 0.4) is 0 Å². The summed E-state index contributed by atoms with van der Waals surface area (Å²) in [4.78, 5) is 11.5. The van der Waals surface area contributed by atoms with E-state index in [0.29, 0.717) is 17.7 Å². The van der Waals surface area contributed by atoms with E-state index in [1.807, 2.05) is 11.8 Å². The van der Waals surface area contributed by atoms with Crippen molar-refractivity contribution in [2.75, 3.05) is 6.26 Å². The van der Waals surface area contributed by atoms with Crippen LogP contribution in [0.15, 0.2) is 0 Å². The molecule has 0 radical (unpaired) electrons. The Morgan fingerprint density at radius 1 is 1.73 bits per heavy atom. The molecule has 4 heteroatoms. The van der Waals surface area contributed by atoms with Crippen molar-refractivity contribution in [3.63, 3.8) is 0 Å². The Hall–Kier alpha value is -0.660.